The molecule has 0 bridgehead atoms. The Hall–Kier alpha value is -1.44. The molecule has 0 fully saturated rings. The smallest absolute Gasteiger partial charge is 0.337 e. The van der Waals surface area contributed by atoms with E-state index in [-0.39, 0.29) is 16.5 Å². The normalized spacial score (nSPS) is 8.38. The SMILES string of the molecule is COc1ccc(C#N)c(C(=O)O)c1.ClCCl. The van der Waals surface area contributed by atoms with Gasteiger partial charge in [-0.3, -0.25) is 0 Å². The summed E-state index contributed by atoms with van der Waals surface area (Å²) in [6.45, 7) is 0. The quantitative estimate of drug-likeness (QED) is 0.832. The highest BCUT2D eigenvalue weighted by Gasteiger charge is 2.10. The number of methoxy groups -OCH3 is 1. The fourth-order valence-corrected chi connectivity index (χ4v) is 0.925. The first-order valence-corrected chi connectivity index (χ1v) is 5.11. The minimum absolute atomic E-state index is 0.0400. The second-order valence-electron chi connectivity index (χ2n) is 2.43. The van der Waals surface area contributed by atoms with Crippen LogP contribution < -0.4 is 4.74 Å². The van der Waals surface area contributed by atoms with Gasteiger partial charge < -0.3 is 9.84 Å². The van der Waals surface area contributed by atoms with Crippen LogP contribution in [0, 0.1) is 11.3 Å². The topological polar surface area (TPSA) is 70.3 Å². The number of nitriles is 1. The number of halogens is 2. The Morgan fingerprint density at radius 1 is 1.56 bits per heavy atom. The average molecular weight is 262 g/mol. The third kappa shape index (κ3) is 4.39. The molecule has 0 radical (unpaired) electrons. The predicted molar refractivity (Wildman–Crippen MR) is 61.2 cm³/mol. The highest BCUT2D eigenvalue weighted by Crippen LogP contribution is 2.16. The minimum atomic E-state index is -1.13. The number of hydrogen-bond donors (Lipinski definition) is 1. The lowest BCUT2D eigenvalue weighted by atomic mass is 10.1. The minimum Gasteiger partial charge on any atom is -0.497 e. The van der Waals surface area contributed by atoms with Crippen molar-refractivity contribution in [1.29, 1.82) is 5.26 Å². The van der Waals surface area contributed by atoms with Crippen molar-refractivity contribution >= 4 is 29.2 Å². The Morgan fingerprint density at radius 3 is 2.50 bits per heavy atom. The van der Waals surface area contributed by atoms with Gasteiger partial charge >= 0.3 is 5.97 Å². The molecule has 1 aromatic carbocycles. The van der Waals surface area contributed by atoms with Crippen molar-refractivity contribution in [3.8, 4) is 11.8 Å². The lowest BCUT2D eigenvalue weighted by molar-refractivity contribution is 0.0696. The molecule has 0 aliphatic carbocycles. The maximum Gasteiger partial charge on any atom is 0.337 e. The number of carboxylic acids is 1. The van der Waals surface area contributed by atoms with Crippen LogP contribution in [0.2, 0.25) is 0 Å². The molecule has 0 amide bonds. The van der Waals surface area contributed by atoms with Gasteiger partial charge in [-0.05, 0) is 18.2 Å². The molecule has 0 saturated carbocycles. The fourth-order valence-electron chi connectivity index (χ4n) is 0.925. The predicted octanol–water partition coefficient (Wildman–Crippen LogP) is 2.69. The Bertz CT molecular complexity index is 402. The molecule has 0 saturated heterocycles. The highest BCUT2D eigenvalue weighted by atomic mass is 35.5. The molecule has 0 spiro atoms. The molecule has 0 heterocycles. The molecule has 1 aromatic rings. The zero-order chi connectivity index (χ0) is 12.6. The van der Waals surface area contributed by atoms with Gasteiger partial charge in [-0.15, -0.1) is 23.2 Å². The van der Waals surface area contributed by atoms with Crippen molar-refractivity contribution in [2.75, 3.05) is 12.4 Å². The summed E-state index contributed by atoms with van der Waals surface area (Å²) in [5.41, 5.74) is 0.0927. The zero-order valence-electron chi connectivity index (χ0n) is 8.41. The number of rotatable bonds is 2. The number of aromatic carboxylic acids is 1. The van der Waals surface area contributed by atoms with Gasteiger partial charge in [0.2, 0.25) is 0 Å². The van der Waals surface area contributed by atoms with Crippen molar-refractivity contribution in [1.82, 2.24) is 0 Å². The van der Waals surface area contributed by atoms with Crippen LogP contribution in [0.5, 0.6) is 5.75 Å². The molecule has 6 heteroatoms. The molecule has 0 aromatic heterocycles. The van der Waals surface area contributed by atoms with Gasteiger partial charge in [0.25, 0.3) is 0 Å². The molecular weight excluding hydrogens is 253 g/mol. The van der Waals surface area contributed by atoms with E-state index in [2.05, 4.69) is 0 Å². The van der Waals surface area contributed by atoms with Crippen LogP contribution in [0.1, 0.15) is 15.9 Å². The average Bonchev–Trinajstić information content (AvgIpc) is 2.29. The first-order valence-electron chi connectivity index (χ1n) is 4.04. The monoisotopic (exact) mass is 261 g/mol. The van der Waals surface area contributed by atoms with E-state index in [1.807, 2.05) is 0 Å². The van der Waals surface area contributed by atoms with Gasteiger partial charge in [0.05, 0.1) is 23.6 Å². The number of carbonyl (C=O) groups is 1. The largest absolute Gasteiger partial charge is 0.497 e. The third-order valence-electron chi connectivity index (χ3n) is 1.58. The van der Waals surface area contributed by atoms with E-state index >= 15 is 0 Å². The molecule has 4 nitrogen and oxygen atoms in total. The summed E-state index contributed by atoms with van der Waals surface area (Å²) < 4.78 is 4.83. The number of hydrogen-bond acceptors (Lipinski definition) is 3. The van der Waals surface area contributed by atoms with Gasteiger partial charge in [0.15, 0.2) is 0 Å². The van der Waals surface area contributed by atoms with Crippen LogP contribution in [0.25, 0.3) is 0 Å². The molecule has 0 aliphatic heterocycles. The zero-order valence-corrected chi connectivity index (χ0v) is 9.92. The summed E-state index contributed by atoms with van der Waals surface area (Å²) in [4.78, 5) is 10.6. The first-order chi connectivity index (χ1) is 7.60. The third-order valence-corrected chi connectivity index (χ3v) is 1.58. The number of nitrogens with zero attached hydrogens (tertiary/aromatic N) is 1. The van der Waals surface area contributed by atoms with Crippen LogP contribution in [0.3, 0.4) is 0 Å². The Morgan fingerprint density at radius 2 is 2.12 bits per heavy atom. The standard InChI is InChI=1S/C9H7NO3.CH2Cl2/c1-13-7-3-2-6(5-10)8(4-7)9(11)12;2-1-3/h2-4H,1H3,(H,11,12);1H2. The van der Waals surface area contributed by atoms with Crippen molar-refractivity contribution in [3.63, 3.8) is 0 Å². The molecule has 1 N–H and O–H groups in total. The molecule has 86 valence electrons. The molecule has 1 rings (SSSR count). The van der Waals surface area contributed by atoms with Crippen molar-refractivity contribution in [3.05, 3.63) is 29.3 Å². The van der Waals surface area contributed by atoms with Gasteiger partial charge in [0, 0.05) is 0 Å². The van der Waals surface area contributed by atoms with E-state index in [9.17, 15) is 4.79 Å². The van der Waals surface area contributed by atoms with Crippen molar-refractivity contribution < 1.29 is 14.6 Å². The molecule has 0 unspecified atom stereocenters. The van der Waals surface area contributed by atoms with Crippen molar-refractivity contribution in [2.45, 2.75) is 0 Å². The van der Waals surface area contributed by atoms with Gasteiger partial charge in [-0.1, -0.05) is 0 Å². The second-order valence-corrected chi connectivity index (χ2v) is 3.24. The van der Waals surface area contributed by atoms with Gasteiger partial charge in [-0.25, -0.2) is 4.79 Å². The summed E-state index contributed by atoms with van der Waals surface area (Å²) in [5.74, 6) is -0.702. The maximum absolute atomic E-state index is 10.6. The van der Waals surface area contributed by atoms with Crippen LogP contribution in [0.15, 0.2) is 18.2 Å². The highest BCUT2D eigenvalue weighted by molar-refractivity contribution is 6.40. The number of carboxylic acid groups (broad SMARTS) is 1. The first kappa shape index (κ1) is 14.6. The van der Waals surface area contributed by atoms with E-state index in [0.29, 0.717) is 5.75 Å². The van der Waals surface area contributed by atoms with Crippen LogP contribution in [-0.4, -0.2) is 23.5 Å². The Labute approximate surface area is 103 Å². The lowest BCUT2D eigenvalue weighted by Gasteiger charge is -2.01. The maximum atomic E-state index is 10.6. The number of alkyl halides is 2. The molecular formula is C10H9Cl2NO3. The number of benzene rings is 1. The van der Waals surface area contributed by atoms with E-state index < -0.39 is 5.97 Å². The molecule has 16 heavy (non-hydrogen) atoms. The van der Waals surface area contributed by atoms with E-state index in [1.54, 1.807) is 12.1 Å². The summed E-state index contributed by atoms with van der Waals surface area (Å²) in [6.07, 6.45) is 0. The molecule has 0 aliphatic rings. The fraction of sp³-hybridized carbons (Fsp3) is 0.200. The Balaban J connectivity index is 0.000000673. The van der Waals surface area contributed by atoms with Crippen LogP contribution in [-0.2, 0) is 0 Å². The van der Waals surface area contributed by atoms with Crippen LogP contribution >= 0.6 is 23.2 Å². The lowest BCUT2D eigenvalue weighted by Crippen LogP contribution is -2.00. The van der Waals surface area contributed by atoms with E-state index in [4.69, 9.17) is 38.3 Å². The van der Waals surface area contributed by atoms with Gasteiger partial charge in [0.1, 0.15) is 11.8 Å². The summed E-state index contributed by atoms with van der Waals surface area (Å²) in [7, 11) is 1.44. The van der Waals surface area contributed by atoms with Crippen LogP contribution in [0.4, 0.5) is 0 Å². The summed E-state index contributed by atoms with van der Waals surface area (Å²) in [6, 6.07) is 6.08. The summed E-state index contributed by atoms with van der Waals surface area (Å²) in [5, 5.41) is 17.5. The van der Waals surface area contributed by atoms with Crippen molar-refractivity contribution in [2.24, 2.45) is 0 Å². The van der Waals surface area contributed by atoms with E-state index in [1.165, 1.54) is 19.2 Å². The molecule has 0 atom stereocenters. The number of ether oxygens (including phenoxy) is 1. The second kappa shape index (κ2) is 7.80. The van der Waals surface area contributed by atoms with Gasteiger partial charge in [-0.2, -0.15) is 5.26 Å². The van der Waals surface area contributed by atoms with E-state index in [0.717, 1.165) is 0 Å². The Kier molecular flexibility index (Phi) is 7.10. The summed E-state index contributed by atoms with van der Waals surface area (Å²) >= 11 is 9.53.